The van der Waals surface area contributed by atoms with Gasteiger partial charge in [0, 0.05) is 44.8 Å². The van der Waals surface area contributed by atoms with E-state index in [9.17, 15) is 4.79 Å². The smallest absolute Gasteiger partial charge is 0.253 e. The highest BCUT2D eigenvalue weighted by Crippen LogP contribution is 2.36. The van der Waals surface area contributed by atoms with Crippen LogP contribution in [-0.4, -0.2) is 49.2 Å². The lowest BCUT2D eigenvalue weighted by atomic mass is 9.86. The van der Waals surface area contributed by atoms with Crippen molar-refractivity contribution in [3.05, 3.63) is 59.2 Å². The summed E-state index contributed by atoms with van der Waals surface area (Å²) in [6, 6.07) is 14.5. The van der Waals surface area contributed by atoms with E-state index in [0.717, 1.165) is 41.9 Å². The summed E-state index contributed by atoms with van der Waals surface area (Å²) in [5.41, 5.74) is 5.28. The summed E-state index contributed by atoms with van der Waals surface area (Å²) in [5.74, 6) is 1.03. The molecule has 0 saturated carbocycles. The number of rotatable bonds is 3. The molecule has 2 aromatic carbocycles. The van der Waals surface area contributed by atoms with Gasteiger partial charge in [0.05, 0.1) is 0 Å². The maximum absolute atomic E-state index is 12.9. The average molecular weight is 336 g/mol. The molecular weight excluding hydrogens is 312 g/mol. The van der Waals surface area contributed by atoms with Crippen molar-refractivity contribution < 1.29 is 9.90 Å². The van der Waals surface area contributed by atoms with Crippen molar-refractivity contribution in [1.29, 1.82) is 0 Å². The van der Waals surface area contributed by atoms with Gasteiger partial charge in [0.1, 0.15) is 0 Å². The Morgan fingerprint density at radius 2 is 2.00 bits per heavy atom. The topological polar surface area (TPSA) is 52.6 Å². The largest absolute Gasteiger partial charge is 0.396 e. The van der Waals surface area contributed by atoms with Gasteiger partial charge in [-0.3, -0.25) is 4.79 Å². The SMILES string of the molecule is CN1C[C@@H]2CNCC2c2ccc(-c3cccc(CCO)c3)cc2C1=O. The van der Waals surface area contributed by atoms with Gasteiger partial charge in [-0.05, 0) is 40.7 Å². The van der Waals surface area contributed by atoms with Crippen LogP contribution in [0.15, 0.2) is 42.5 Å². The van der Waals surface area contributed by atoms with E-state index in [1.165, 1.54) is 5.56 Å². The molecule has 2 heterocycles. The molecule has 1 unspecified atom stereocenters. The van der Waals surface area contributed by atoms with Crippen LogP contribution in [0.1, 0.15) is 27.4 Å². The first-order valence-corrected chi connectivity index (χ1v) is 8.97. The van der Waals surface area contributed by atoms with Gasteiger partial charge >= 0.3 is 0 Å². The normalized spacial score (nSPS) is 22.5. The van der Waals surface area contributed by atoms with Crippen molar-refractivity contribution in [2.75, 3.05) is 33.3 Å². The molecule has 4 heteroatoms. The minimum atomic E-state index is 0.123. The molecule has 25 heavy (non-hydrogen) atoms. The van der Waals surface area contributed by atoms with E-state index in [1.807, 2.05) is 30.1 Å². The summed E-state index contributed by atoms with van der Waals surface area (Å²) in [7, 11) is 1.90. The molecule has 1 fully saturated rings. The second kappa shape index (κ2) is 6.62. The van der Waals surface area contributed by atoms with Gasteiger partial charge in [0.25, 0.3) is 5.91 Å². The lowest BCUT2D eigenvalue weighted by molar-refractivity contribution is 0.0784. The molecule has 0 aliphatic carbocycles. The fourth-order valence-corrected chi connectivity index (χ4v) is 4.21. The first kappa shape index (κ1) is 16.3. The van der Waals surface area contributed by atoms with E-state index in [0.29, 0.717) is 18.3 Å². The van der Waals surface area contributed by atoms with Crippen LogP contribution in [0.2, 0.25) is 0 Å². The molecule has 0 radical (unpaired) electrons. The number of carbonyl (C=O) groups is 1. The Balaban J connectivity index is 1.77. The number of fused-ring (bicyclic) bond motifs is 3. The van der Waals surface area contributed by atoms with Crippen LogP contribution in [0.5, 0.6) is 0 Å². The number of hydrogen-bond donors (Lipinski definition) is 2. The first-order valence-electron chi connectivity index (χ1n) is 8.97. The lowest BCUT2D eigenvalue weighted by Crippen LogP contribution is -2.31. The molecule has 1 amide bonds. The minimum absolute atomic E-state index is 0.123. The van der Waals surface area contributed by atoms with Gasteiger partial charge in [-0.15, -0.1) is 0 Å². The molecule has 2 aliphatic rings. The molecule has 2 atom stereocenters. The molecule has 0 aromatic heterocycles. The number of aliphatic hydroxyl groups is 1. The van der Waals surface area contributed by atoms with Crippen LogP contribution in [-0.2, 0) is 6.42 Å². The Bertz CT molecular complexity index is 802. The van der Waals surface area contributed by atoms with Gasteiger partial charge < -0.3 is 15.3 Å². The third-order valence-electron chi connectivity index (χ3n) is 5.54. The standard InChI is InChI=1S/C21H24N2O2/c1-23-13-17-11-22-12-20(17)18-6-5-16(10-19(18)21(23)25)15-4-2-3-14(9-15)7-8-24/h2-6,9-10,17,20,22,24H,7-8,11-13H2,1H3/t17-,20?/m0/s1. The number of hydrogen-bond acceptors (Lipinski definition) is 3. The van der Waals surface area contributed by atoms with Crippen molar-refractivity contribution in [3.63, 3.8) is 0 Å². The van der Waals surface area contributed by atoms with E-state index in [1.54, 1.807) is 0 Å². The molecule has 130 valence electrons. The van der Waals surface area contributed by atoms with E-state index in [-0.39, 0.29) is 12.5 Å². The summed E-state index contributed by atoms with van der Waals surface area (Å²) < 4.78 is 0. The third-order valence-corrected chi connectivity index (χ3v) is 5.54. The lowest BCUT2D eigenvalue weighted by Gasteiger charge is -2.19. The molecule has 2 aliphatic heterocycles. The number of nitrogens with one attached hydrogen (secondary N) is 1. The summed E-state index contributed by atoms with van der Waals surface area (Å²) in [4.78, 5) is 14.8. The zero-order valence-electron chi connectivity index (χ0n) is 14.5. The van der Waals surface area contributed by atoms with Crippen molar-refractivity contribution in [1.82, 2.24) is 10.2 Å². The molecule has 4 rings (SSSR count). The minimum Gasteiger partial charge on any atom is -0.396 e. The van der Waals surface area contributed by atoms with E-state index < -0.39 is 0 Å². The number of aliphatic hydroxyl groups excluding tert-OH is 1. The number of nitrogens with zero attached hydrogens (tertiary/aromatic N) is 1. The summed E-state index contributed by atoms with van der Waals surface area (Å²) in [6.07, 6.45) is 0.649. The summed E-state index contributed by atoms with van der Waals surface area (Å²) >= 11 is 0. The molecule has 0 spiro atoms. The Morgan fingerprint density at radius 3 is 2.84 bits per heavy atom. The van der Waals surface area contributed by atoms with Crippen LogP contribution < -0.4 is 5.32 Å². The Labute approximate surface area is 148 Å². The van der Waals surface area contributed by atoms with Crippen molar-refractivity contribution in [2.45, 2.75) is 12.3 Å². The van der Waals surface area contributed by atoms with Crippen LogP contribution in [0, 0.1) is 5.92 Å². The predicted molar refractivity (Wildman–Crippen MR) is 98.7 cm³/mol. The summed E-state index contributed by atoms with van der Waals surface area (Å²) in [6.45, 7) is 2.89. The highest BCUT2D eigenvalue weighted by atomic mass is 16.3. The second-order valence-corrected chi connectivity index (χ2v) is 7.19. The molecule has 0 bridgehead atoms. The van der Waals surface area contributed by atoms with Crippen LogP contribution in [0.25, 0.3) is 11.1 Å². The van der Waals surface area contributed by atoms with Crippen LogP contribution in [0.3, 0.4) is 0 Å². The molecule has 1 saturated heterocycles. The van der Waals surface area contributed by atoms with E-state index in [2.05, 4.69) is 29.6 Å². The highest BCUT2D eigenvalue weighted by Gasteiger charge is 2.36. The fraction of sp³-hybridized carbons (Fsp3) is 0.381. The first-order chi connectivity index (χ1) is 12.2. The van der Waals surface area contributed by atoms with Gasteiger partial charge in [0.15, 0.2) is 0 Å². The van der Waals surface area contributed by atoms with Gasteiger partial charge in [0.2, 0.25) is 0 Å². The molecular formula is C21H24N2O2. The van der Waals surface area contributed by atoms with Crippen LogP contribution in [0.4, 0.5) is 0 Å². The molecule has 2 aromatic rings. The van der Waals surface area contributed by atoms with E-state index in [4.69, 9.17) is 5.11 Å². The predicted octanol–water partition coefficient (Wildman–Crippen LogP) is 2.28. The maximum atomic E-state index is 12.9. The molecule has 2 N–H and O–H groups in total. The maximum Gasteiger partial charge on any atom is 0.253 e. The van der Waals surface area contributed by atoms with Gasteiger partial charge in [-0.1, -0.05) is 36.4 Å². The van der Waals surface area contributed by atoms with Gasteiger partial charge in [-0.25, -0.2) is 0 Å². The zero-order valence-corrected chi connectivity index (χ0v) is 14.5. The molecule has 4 nitrogen and oxygen atoms in total. The average Bonchev–Trinajstić information content (AvgIpc) is 3.05. The van der Waals surface area contributed by atoms with E-state index >= 15 is 0 Å². The Kier molecular flexibility index (Phi) is 4.32. The van der Waals surface area contributed by atoms with Crippen molar-refractivity contribution in [3.8, 4) is 11.1 Å². The zero-order chi connectivity index (χ0) is 17.4. The monoisotopic (exact) mass is 336 g/mol. The van der Waals surface area contributed by atoms with Crippen LogP contribution >= 0.6 is 0 Å². The summed E-state index contributed by atoms with van der Waals surface area (Å²) in [5, 5.41) is 12.6. The quantitative estimate of drug-likeness (QED) is 0.904. The highest BCUT2D eigenvalue weighted by molar-refractivity contribution is 5.97. The Morgan fingerprint density at radius 1 is 1.16 bits per heavy atom. The van der Waals surface area contributed by atoms with Crippen molar-refractivity contribution >= 4 is 5.91 Å². The number of amides is 1. The van der Waals surface area contributed by atoms with Gasteiger partial charge in [-0.2, -0.15) is 0 Å². The Hall–Kier alpha value is -2.17. The third kappa shape index (κ3) is 2.96. The second-order valence-electron chi connectivity index (χ2n) is 7.19. The van der Waals surface area contributed by atoms with Crippen molar-refractivity contribution in [2.24, 2.45) is 5.92 Å². The number of carbonyl (C=O) groups excluding carboxylic acids is 1. The number of benzene rings is 2. The fourth-order valence-electron chi connectivity index (χ4n) is 4.21.